The van der Waals surface area contributed by atoms with E-state index in [0.29, 0.717) is 32.6 Å². The van der Waals surface area contributed by atoms with Gasteiger partial charge < -0.3 is 0 Å². The Morgan fingerprint density at radius 1 is 1.11 bits per heavy atom. The number of para-hydroxylation sites is 1. The van der Waals surface area contributed by atoms with Gasteiger partial charge in [0.2, 0.25) is 0 Å². The number of benzene rings is 2. The fourth-order valence-electron chi connectivity index (χ4n) is 2.44. The van der Waals surface area contributed by atoms with Crippen LogP contribution in [-0.4, -0.2) is 40.2 Å². The summed E-state index contributed by atoms with van der Waals surface area (Å²) in [5, 5.41) is 0. The van der Waals surface area contributed by atoms with Gasteiger partial charge in [-0.2, -0.15) is 0 Å². The number of hydrogen-bond acceptors (Lipinski definition) is 3. The van der Waals surface area contributed by atoms with Crippen molar-refractivity contribution in [2.24, 2.45) is 0 Å². The van der Waals surface area contributed by atoms with Crippen LogP contribution in [0, 0.1) is 3.57 Å². The molecule has 0 aliphatic carbocycles. The van der Waals surface area contributed by atoms with Crippen molar-refractivity contribution in [2.45, 2.75) is 11.3 Å². The van der Waals surface area contributed by atoms with Gasteiger partial charge in [0.25, 0.3) is 0 Å². The summed E-state index contributed by atoms with van der Waals surface area (Å²) in [5.41, 5.74) is 0.754. The van der Waals surface area contributed by atoms with E-state index in [1.807, 2.05) is 30.3 Å². The molecule has 0 bridgehead atoms. The monoisotopic (exact) mass is 727 g/mol. The molecule has 2 aromatic rings. The number of nitrogens with one attached hydrogen (secondary N) is 1. The quantitative estimate of drug-likeness (QED) is 0.164. The third-order valence-corrected chi connectivity index (χ3v) is 14.3. The van der Waals surface area contributed by atoms with Crippen molar-refractivity contribution in [3.63, 3.8) is 0 Å². The number of anilines is 1. The molecule has 0 fully saturated rings. The molecule has 152 valence electrons. The van der Waals surface area contributed by atoms with E-state index in [0.717, 1.165) is 22.2 Å². The van der Waals surface area contributed by atoms with Crippen molar-refractivity contribution in [1.29, 1.82) is 0 Å². The molecule has 1 N–H and O–H groups in total. The van der Waals surface area contributed by atoms with Crippen LogP contribution in [0.1, 0.15) is 6.42 Å². The third kappa shape index (κ3) is 7.27. The molecule has 0 amide bonds. The first-order valence-corrected chi connectivity index (χ1v) is 19.5. The van der Waals surface area contributed by atoms with Crippen LogP contribution in [0.15, 0.2) is 59.5 Å². The van der Waals surface area contributed by atoms with Crippen LogP contribution < -0.4 is 29.0 Å². The molecular weight excluding hydrogens is 701 g/mol. The van der Waals surface area contributed by atoms with Gasteiger partial charge in [0.1, 0.15) is 0 Å². The van der Waals surface area contributed by atoms with Crippen LogP contribution in [0.5, 0.6) is 0 Å². The van der Waals surface area contributed by atoms with Crippen molar-refractivity contribution < 1.29 is 29.6 Å². The predicted octanol–water partition coefficient (Wildman–Crippen LogP) is 1.24. The Morgan fingerprint density at radius 3 is 2.44 bits per heavy atom. The first-order chi connectivity index (χ1) is 13.0. The van der Waals surface area contributed by atoms with Crippen molar-refractivity contribution in [1.82, 2.24) is 3.53 Å². The molecular formula is C19H26I3N2O2S-. The molecule has 0 heterocycles. The van der Waals surface area contributed by atoms with Gasteiger partial charge in [0, 0.05) is 0 Å². The molecule has 0 atom stereocenters. The second-order valence-corrected chi connectivity index (χ2v) is 16.7. The van der Waals surface area contributed by atoms with Crippen LogP contribution in [0.3, 0.4) is 0 Å². The SMILES string of the molecule is C[I-]CCI(C)NCCCN(c1ccccc1I)S(=O)(=O)c1ccccc1. The van der Waals surface area contributed by atoms with Crippen LogP contribution in [0.4, 0.5) is 5.69 Å². The van der Waals surface area contributed by atoms with Crippen LogP contribution in [0.2, 0.25) is 0 Å². The Balaban J connectivity index is 2.14. The number of nitrogens with zero attached hydrogens (tertiary/aromatic N) is 1. The summed E-state index contributed by atoms with van der Waals surface area (Å²) in [6.45, 7) is 1.36. The average molecular weight is 727 g/mol. The second-order valence-electron chi connectivity index (χ2n) is 5.81. The van der Waals surface area contributed by atoms with Crippen molar-refractivity contribution in [2.75, 3.05) is 36.1 Å². The minimum absolute atomic E-state index is 0.341. The zero-order valence-corrected chi connectivity index (χ0v) is 22.8. The van der Waals surface area contributed by atoms with Crippen molar-refractivity contribution in [3.05, 3.63) is 58.2 Å². The van der Waals surface area contributed by atoms with Gasteiger partial charge in [0.05, 0.1) is 0 Å². The van der Waals surface area contributed by atoms with Gasteiger partial charge in [0.15, 0.2) is 0 Å². The van der Waals surface area contributed by atoms with E-state index in [1.54, 1.807) is 28.6 Å². The molecule has 27 heavy (non-hydrogen) atoms. The Morgan fingerprint density at radius 2 is 1.78 bits per heavy atom. The van der Waals surface area contributed by atoms with E-state index in [1.165, 1.54) is 8.86 Å². The number of sulfonamides is 1. The number of halogens is 3. The van der Waals surface area contributed by atoms with Crippen molar-refractivity contribution in [3.8, 4) is 0 Å². The number of rotatable bonds is 11. The van der Waals surface area contributed by atoms with Gasteiger partial charge in [-0.1, -0.05) is 0 Å². The minimum atomic E-state index is -3.57. The summed E-state index contributed by atoms with van der Waals surface area (Å²) >= 11 is 1.56. The van der Waals surface area contributed by atoms with Gasteiger partial charge in [-0.15, -0.1) is 0 Å². The van der Waals surface area contributed by atoms with E-state index in [2.05, 4.69) is 36.0 Å². The Kier molecular flexibility index (Phi) is 10.6. The summed E-state index contributed by atoms with van der Waals surface area (Å²) in [4.78, 5) is 5.03. The third-order valence-electron chi connectivity index (χ3n) is 3.86. The zero-order chi connectivity index (χ0) is 19.7. The van der Waals surface area contributed by atoms with Crippen molar-refractivity contribution >= 4 is 58.4 Å². The summed E-state index contributed by atoms with van der Waals surface area (Å²) in [7, 11) is -3.57. The van der Waals surface area contributed by atoms with Gasteiger partial charge >= 0.3 is 197 Å². The standard InChI is InChI=1S/C19H26I3N2O2S/c1-21-13-14-22(2)23-15-8-16-24(19-12-7-6-11-18(19)20)27(25,26)17-9-4-3-5-10-17/h3-7,9-12,23H,8,13-16H2,1-2H3/q-1. The van der Waals surface area contributed by atoms with Crippen LogP contribution >= 0.6 is 42.7 Å². The number of alkyl halides is 4. The molecule has 0 saturated heterocycles. The molecule has 0 aliphatic heterocycles. The first kappa shape index (κ1) is 23.6. The summed E-state index contributed by atoms with van der Waals surface area (Å²) in [5.74, 6) is 0. The molecule has 4 nitrogen and oxygen atoms in total. The molecule has 0 saturated carbocycles. The molecule has 2 aromatic carbocycles. The number of hydrogen-bond donors (Lipinski definition) is 1. The molecule has 8 heteroatoms. The Labute approximate surface area is 195 Å². The van der Waals surface area contributed by atoms with E-state index in [9.17, 15) is 8.42 Å². The van der Waals surface area contributed by atoms with E-state index >= 15 is 0 Å². The Bertz CT molecular complexity index is 804. The van der Waals surface area contributed by atoms with Crippen LogP contribution in [0.25, 0.3) is 0 Å². The molecule has 0 aliphatic rings. The van der Waals surface area contributed by atoms with Crippen LogP contribution in [-0.2, 0) is 10.0 Å². The zero-order valence-electron chi connectivity index (χ0n) is 15.5. The molecule has 0 spiro atoms. The Hall–Kier alpha value is 0.340. The molecule has 0 aromatic heterocycles. The fourth-order valence-corrected chi connectivity index (χ4v) is 14.4. The average Bonchev–Trinajstić information content (AvgIpc) is 2.67. The van der Waals surface area contributed by atoms with E-state index < -0.39 is 30.1 Å². The molecule has 0 radical (unpaired) electrons. The van der Waals surface area contributed by atoms with Gasteiger partial charge in [-0.25, -0.2) is 0 Å². The first-order valence-electron chi connectivity index (χ1n) is 8.52. The van der Waals surface area contributed by atoms with Gasteiger partial charge in [-0.3, -0.25) is 0 Å². The van der Waals surface area contributed by atoms with E-state index in [-0.39, 0.29) is 0 Å². The summed E-state index contributed by atoms with van der Waals surface area (Å²) < 4.78 is 35.5. The predicted molar refractivity (Wildman–Crippen MR) is 128 cm³/mol. The summed E-state index contributed by atoms with van der Waals surface area (Å²) in [6.07, 6.45) is 0.806. The molecule has 2 rings (SSSR count). The fraction of sp³-hybridized carbons (Fsp3) is 0.368. The van der Waals surface area contributed by atoms with E-state index in [4.69, 9.17) is 0 Å². The maximum absolute atomic E-state index is 13.3. The summed E-state index contributed by atoms with van der Waals surface area (Å²) in [6, 6.07) is 16.4. The van der Waals surface area contributed by atoms with Gasteiger partial charge in [-0.05, 0) is 0 Å². The second kappa shape index (κ2) is 12.1. The molecule has 0 unspecified atom stereocenters. The topological polar surface area (TPSA) is 49.4 Å². The normalized spacial score (nSPS) is 12.2. The maximum atomic E-state index is 13.3.